The number of benzene rings is 1. The van der Waals surface area contributed by atoms with Crippen LogP contribution >= 0.6 is 12.4 Å². The summed E-state index contributed by atoms with van der Waals surface area (Å²) in [5.41, 5.74) is 2.83. The fourth-order valence-electron chi connectivity index (χ4n) is 3.27. The second kappa shape index (κ2) is 10.5. The van der Waals surface area contributed by atoms with Crippen molar-refractivity contribution < 1.29 is 14.1 Å². The number of aryl methyl sites for hydroxylation is 2. The third-order valence-electron chi connectivity index (χ3n) is 5.09. The molecule has 1 fully saturated rings. The first-order valence-electron chi connectivity index (χ1n) is 9.74. The fraction of sp³-hybridized carbons (Fsp3) is 0.524. The van der Waals surface area contributed by atoms with Crippen molar-refractivity contribution in [1.82, 2.24) is 15.0 Å². The van der Waals surface area contributed by atoms with Crippen molar-refractivity contribution in [3.8, 4) is 5.75 Å². The largest absolute Gasteiger partial charge is 0.494 e. The summed E-state index contributed by atoms with van der Waals surface area (Å²) in [5.74, 6) is 1.80. The van der Waals surface area contributed by atoms with Gasteiger partial charge in [0.2, 0.25) is 0 Å². The Morgan fingerprint density at radius 1 is 1.14 bits per heavy atom. The standard InChI is InChI=1S/C21H29N3O3.ClH/c1-4-5-14-26-19-8-6-18(7-9-19)21(25)24-12-10-23(11-13-24)15-20-16(2)22-27-17(20)3;/h6-9H,4-5,10-15H2,1-3H3;1H. The first-order chi connectivity index (χ1) is 13.1. The van der Waals surface area contributed by atoms with Gasteiger partial charge in [-0.05, 0) is 44.5 Å². The zero-order valence-electron chi connectivity index (χ0n) is 16.9. The average Bonchev–Trinajstić information content (AvgIpc) is 3.01. The maximum Gasteiger partial charge on any atom is 0.253 e. The molecule has 28 heavy (non-hydrogen) atoms. The molecular weight excluding hydrogens is 378 g/mol. The van der Waals surface area contributed by atoms with E-state index in [0.717, 1.165) is 80.5 Å². The van der Waals surface area contributed by atoms with Crippen molar-refractivity contribution in [2.24, 2.45) is 0 Å². The number of ether oxygens (including phenoxy) is 1. The van der Waals surface area contributed by atoms with Gasteiger partial charge in [0.1, 0.15) is 11.5 Å². The lowest BCUT2D eigenvalue weighted by Crippen LogP contribution is -2.48. The quantitative estimate of drug-likeness (QED) is 0.652. The molecule has 0 aliphatic carbocycles. The van der Waals surface area contributed by atoms with Gasteiger partial charge < -0.3 is 14.2 Å². The molecule has 1 saturated heterocycles. The maximum absolute atomic E-state index is 12.7. The Bertz CT molecular complexity index is 733. The molecule has 2 aromatic rings. The van der Waals surface area contributed by atoms with E-state index in [1.807, 2.05) is 43.0 Å². The molecule has 0 saturated carbocycles. The van der Waals surface area contributed by atoms with Gasteiger partial charge in [-0.2, -0.15) is 0 Å². The van der Waals surface area contributed by atoms with E-state index >= 15 is 0 Å². The Morgan fingerprint density at radius 3 is 2.39 bits per heavy atom. The highest BCUT2D eigenvalue weighted by atomic mass is 35.5. The van der Waals surface area contributed by atoms with Gasteiger partial charge in [0, 0.05) is 43.9 Å². The van der Waals surface area contributed by atoms with Gasteiger partial charge in [-0.25, -0.2) is 0 Å². The summed E-state index contributed by atoms with van der Waals surface area (Å²) in [5, 5.41) is 4.02. The second-order valence-corrected chi connectivity index (χ2v) is 7.10. The summed E-state index contributed by atoms with van der Waals surface area (Å²) in [6, 6.07) is 7.49. The SMILES string of the molecule is CCCCOc1ccc(C(=O)N2CCN(Cc3c(C)noc3C)CC2)cc1.Cl. The molecule has 1 aromatic heterocycles. The molecule has 0 spiro atoms. The van der Waals surface area contributed by atoms with Crippen LogP contribution in [0.2, 0.25) is 0 Å². The summed E-state index contributed by atoms with van der Waals surface area (Å²) in [6.45, 7) is 10.8. The predicted octanol–water partition coefficient (Wildman–Crippen LogP) is 3.85. The summed E-state index contributed by atoms with van der Waals surface area (Å²) in [4.78, 5) is 17.0. The van der Waals surface area contributed by atoms with E-state index in [1.54, 1.807) is 0 Å². The fourth-order valence-corrected chi connectivity index (χ4v) is 3.27. The maximum atomic E-state index is 12.7. The monoisotopic (exact) mass is 407 g/mol. The molecule has 6 nitrogen and oxygen atoms in total. The molecular formula is C21H30ClN3O3. The lowest BCUT2D eigenvalue weighted by molar-refractivity contribution is 0.0627. The Balaban J connectivity index is 0.00000280. The molecule has 1 amide bonds. The molecule has 154 valence electrons. The number of carbonyl (C=O) groups is 1. The summed E-state index contributed by atoms with van der Waals surface area (Å²) < 4.78 is 10.9. The van der Waals surface area contributed by atoms with Gasteiger partial charge in [0.25, 0.3) is 5.91 Å². The summed E-state index contributed by atoms with van der Waals surface area (Å²) >= 11 is 0. The van der Waals surface area contributed by atoms with Gasteiger partial charge in [-0.1, -0.05) is 18.5 Å². The van der Waals surface area contributed by atoms with E-state index in [2.05, 4.69) is 17.0 Å². The van der Waals surface area contributed by atoms with Crippen LogP contribution < -0.4 is 4.74 Å². The number of halogens is 1. The number of carbonyl (C=O) groups excluding carboxylic acids is 1. The van der Waals surface area contributed by atoms with Crippen molar-refractivity contribution >= 4 is 18.3 Å². The minimum atomic E-state index is 0. The predicted molar refractivity (Wildman–Crippen MR) is 111 cm³/mol. The Labute approximate surface area is 173 Å². The second-order valence-electron chi connectivity index (χ2n) is 7.10. The van der Waals surface area contributed by atoms with Crippen molar-refractivity contribution in [3.05, 3.63) is 46.8 Å². The van der Waals surface area contributed by atoms with Gasteiger partial charge >= 0.3 is 0 Å². The number of amides is 1. The van der Waals surface area contributed by atoms with E-state index in [-0.39, 0.29) is 18.3 Å². The van der Waals surface area contributed by atoms with Crippen LogP contribution in [0.4, 0.5) is 0 Å². The van der Waals surface area contributed by atoms with Gasteiger partial charge in [-0.3, -0.25) is 9.69 Å². The molecule has 0 unspecified atom stereocenters. The third-order valence-corrected chi connectivity index (χ3v) is 5.09. The topological polar surface area (TPSA) is 58.8 Å². The van der Waals surface area contributed by atoms with Crippen LogP contribution in [0, 0.1) is 13.8 Å². The normalized spacial score (nSPS) is 14.6. The number of rotatable bonds is 7. The lowest BCUT2D eigenvalue weighted by Gasteiger charge is -2.34. The van der Waals surface area contributed by atoms with Crippen LogP contribution in [0.5, 0.6) is 5.75 Å². The molecule has 2 heterocycles. The molecule has 3 rings (SSSR count). The smallest absolute Gasteiger partial charge is 0.253 e. The highest BCUT2D eigenvalue weighted by Crippen LogP contribution is 2.18. The molecule has 7 heteroatoms. The van der Waals surface area contributed by atoms with E-state index in [1.165, 1.54) is 0 Å². The van der Waals surface area contributed by atoms with Gasteiger partial charge in [-0.15, -0.1) is 12.4 Å². The first-order valence-corrected chi connectivity index (χ1v) is 9.74. The number of hydrogen-bond acceptors (Lipinski definition) is 5. The molecule has 0 N–H and O–H groups in total. The third kappa shape index (κ3) is 5.49. The minimum absolute atomic E-state index is 0. The van der Waals surface area contributed by atoms with Crippen LogP contribution in [0.3, 0.4) is 0 Å². The number of unbranched alkanes of at least 4 members (excludes halogenated alkanes) is 1. The number of hydrogen-bond donors (Lipinski definition) is 0. The zero-order valence-corrected chi connectivity index (χ0v) is 17.8. The first kappa shape index (κ1) is 22.2. The molecule has 0 radical (unpaired) electrons. The average molecular weight is 408 g/mol. The number of piperazine rings is 1. The number of aromatic nitrogens is 1. The molecule has 0 atom stereocenters. The highest BCUT2D eigenvalue weighted by molar-refractivity contribution is 5.94. The van der Waals surface area contributed by atoms with Crippen molar-refractivity contribution in [2.45, 2.75) is 40.2 Å². The zero-order chi connectivity index (χ0) is 19.2. The molecule has 1 aliphatic rings. The molecule has 0 bridgehead atoms. The van der Waals surface area contributed by atoms with Crippen LogP contribution in [0.1, 0.15) is 47.1 Å². The van der Waals surface area contributed by atoms with Gasteiger partial charge in [0.05, 0.1) is 12.3 Å². The van der Waals surface area contributed by atoms with Crippen LogP contribution in [0.25, 0.3) is 0 Å². The van der Waals surface area contributed by atoms with Crippen molar-refractivity contribution in [1.29, 1.82) is 0 Å². The Kier molecular flexibility index (Phi) is 8.33. The lowest BCUT2D eigenvalue weighted by atomic mass is 10.1. The van der Waals surface area contributed by atoms with Crippen LogP contribution in [0.15, 0.2) is 28.8 Å². The van der Waals surface area contributed by atoms with Gasteiger partial charge in [0.15, 0.2) is 0 Å². The van der Waals surface area contributed by atoms with E-state index in [4.69, 9.17) is 9.26 Å². The van der Waals surface area contributed by atoms with Crippen molar-refractivity contribution in [2.75, 3.05) is 32.8 Å². The minimum Gasteiger partial charge on any atom is -0.494 e. The molecule has 1 aromatic carbocycles. The van der Waals surface area contributed by atoms with E-state index in [9.17, 15) is 4.79 Å². The Hall–Kier alpha value is -2.05. The van der Waals surface area contributed by atoms with Crippen molar-refractivity contribution in [3.63, 3.8) is 0 Å². The Morgan fingerprint density at radius 2 is 1.82 bits per heavy atom. The van der Waals surface area contributed by atoms with Crippen LogP contribution in [-0.2, 0) is 6.54 Å². The summed E-state index contributed by atoms with van der Waals surface area (Å²) in [6.07, 6.45) is 2.15. The van der Waals surface area contributed by atoms with E-state index in [0.29, 0.717) is 0 Å². The number of nitrogens with zero attached hydrogens (tertiary/aromatic N) is 3. The van der Waals surface area contributed by atoms with Crippen LogP contribution in [-0.4, -0.2) is 53.6 Å². The highest BCUT2D eigenvalue weighted by Gasteiger charge is 2.23. The molecule has 1 aliphatic heterocycles. The van der Waals surface area contributed by atoms with E-state index < -0.39 is 0 Å². The summed E-state index contributed by atoms with van der Waals surface area (Å²) in [7, 11) is 0.